The Balaban J connectivity index is 2.23. The lowest BCUT2D eigenvalue weighted by molar-refractivity contribution is -0.385. The van der Waals surface area contributed by atoms with E-state index in [4.69, 9.17) is 0 Å². The smallest absolute Gasteiger partial charge is 0.311 e. The molecule has 2 rings (SSSR count). The number of rotatable bonds is 4. The zero-order chi connectivity index (χ0) is 14.5. The summed E-state index contributed by atoms with van der Waals surface area (Å²) in [5.41, 5.74) is 1.48. The Morgan fingerprint density at radius 1 is 1.45 bits per heavy atom. The van der Waals surface area contributed by atoms with E-state index < -0.39 is 4.92 Å². The van der Waals surface area contributed by atoms with Crippen molar-refractivity contribution < 1.29 is 10.0 Å². The molecule has 1 aromatic carbocycles. The molecule has 2 aromatic rings. The Labute approximate surface area is 115 Å². The van der Waals surface area contributed by atoms with E-state index in [0.29, 0.717) is 17.7 Å². The van der Waals surface area contributed by atoms with Gasteiger partial charge in [-0.1, -0.05) is 6.07 Å². The van der Waals surface area contributed by atoms with Gasteiger partial charge in [-0.2, -0.15) is 0 Å². The first kappa shape index (κ1) is 13.7. The molecular formula is C14H13N3O3. The lowest BCUT2D eigenvalue weighted by Crippen LogP contribution is -1.94. The summed E-state index contributed by atoms with van der Waals surface area (Å²) in [6, 6.07) is 8.46. The molecule has 6 nitrogen and oxygen atoms in total. The summed E-state index contributed by atoms with van der Waals surface area (Å²) in [6.07, 6.45) is 3.09. The molecule has 20 heavy (non-hydrogen) atoms. The summed E-state index contributed by atoms with van der Waals surface area (Å²) < 4.78 is 0. The second-order valence-electron chi connectivity index (χ2n) is 4.27. The van der Waals surface area contributed by atoms with Crippen LogP contribution in [0.5, 0.6) is 5.75 Å². The number of nitro benzene ring substituents is 1. The quantitative estimate of drug-likeness (QED) is 0.526. The molecule has 1 N–H and O–H groups in total. The van der Waals surface area contributed by atoms with Crippen LogP contribution >= 0.6 is 0 Å². The molecular weight excluding hydrogens is 258 g/mol. The van der Waals surface area contributed by atoms with Crippen molar-refractivity contribution in [3.63, 3.8) is 0 Å². The van der Waals surface area contributed by atoms with E-state index in [-0.39, 0.29) is 11.4 Å². The van der Waals surface area contributed by atoms with E-state index in [0.717, 1.165) is 5.69 Å². The first-order valence-electron chi connectivity index (χ1n) is 5.95. The van der Waals surface area contributed by atoms with Gasteiger partial charge in [0.05, 0.1) is 17.2 Å². The molecule has 0 aliphatic heterocycles. The first-order valence-corrected chi connectivity index (χ1v) is 5.95. The Hall–Kier alpha value is -2.76. The highest BCUT2D eigenvalue weighted by atomic mass is 16.6. The summed E-state index contributed by atoms with van der Waals surface area (Å²) >= 11 is 0. The maximum Gasteiger partial charge on any atom is 0.311 e. The highest BCUT2D eigenvalue weighted by Crippen LogP contribution is 2.30. The fraction of sp³-hybridized carbons (Fsp3) is 0.143. The Kier molecular flexibility index (Phi) is 4.05. The van der Waals surface area contributed by atoms with Crippen molar-refractivity contribution in [1.82, 2.24) is 4.98 Å². The minimum absolute atomic E-state index is 0.315. The third kappa shape index (κ3) is 3.17. The average Bonchev–Trinajstić information content (AvgIpc) is 2.43. The van der Waals surface area contributed by atoms with Crippen LogP contribution in [-0.2, 0) is 6.54 Å². The predicted molar refractivity (Wildman–Crippen MR) is 75.0 cm³/mol. The first-order chi connectivity index (χ1) is 9.58. The molecule has 0 bridgehead atoms. The van der Waals surface area contributed by atoms with Crippen molar-refractivity contribution in [2.24, 2.45) is 4.99 Å². The number of phenols is 1. The van der Waals surface area contributed by atoms with Crippen molar-refractivity contribution in [2.45, 2.75) is 13.5 Å². The number of phenolic OH excluding ortho intramolecular Hbond substituents is 1. The van der Waals surface area contributed by atoms with Gasteiger partial charge in [0.25, 0.3) is 0 Å². The fourth-order valence-corrected chi connectivity index (χ4v) is 1.75. The molecule has 0 amide bonds. The van der Waals surface area contributed by atoms with Gasteiger partial charge in [-0.15, -0.1) is 0 Å². The van der Waals surface area contributed by atoms with Gasteiger partial charge in [-0.05, 0) is 30.7 Å². The van der Waals surface area contributed by atoms with Crippen LogP contribution in [-0.4, -0.2) is 21.2 Å². The molecule has 0 unspecified atom stereocenters. The van der Waals surface area contributed by atoms with E-state index >= 15 is 0 Å². The lowest BCUT2D eigenvalue weighted by atomic mass is 10.1. The number of benzene rings is 1. The maximum absolute atomic E-state index is 10.8. The highest BCUT2D eigenvalue weighted by molar-refractivity contribution is 5.86. The summed E-state index contributed by atoms with van der Waals surface area (Å²) in [7, 11) is 0. The number of hydrogen-bond acceptors (Lipinski definition) is 5. The summed E-state index contributed by atoms with van der Waals surface area (Å²) in [5, 5.41) is 20.6. The van der Waals surface area contributed by atoms with Crippen LogP contribution in [0, 0.1) is 17.0 Å². The van der Waals surface area contributed by atoms with Crippen LogP contribution in [0.4, 0.5) is 5.69 Å². The monoisotopic (exact) mass is 271 g/mol. The van der Waals surface area contributed by atoms with Crippen molar-refractivity contribution in [3.05, 3.63) is 63.5 Å². The van der Waals surface area contributed by atoms with Gasteiger partial charge in [0, 0.05) is 24.0 Å². The van der Waals surface area contributed by atoms with Crippen LogP contribution in [0.1, 0.15) is 16.8 Å². The number of aliphatic imine (C=N–C) groups is 1. The highest BCUT2D eigenvalue weighted by Gasteiger charge is 2.16. The number of hydrogen-bond donors (Lipinski definition) is 1. The van der Waals surface area contributed by atoms with Crippen LogP contribution in [0.2, 0.25) is 0 Å². The number of nitrogens with zero attached hydrogens (tertiary/aromatic N) is 3. The molecule has 1 aromatic heterocycles. The molecule has 0 fully saturated rings. The molecule has 0 saturated heterocycles. The summed E-state index contributed by atoms with van der Waals surface area (Å²) in [6.45, 7) is 2.07. The van der Waals surface area contributed by atoms with Crippen LogP contribution in [0.3, 0.4) is 0 Å². The molecule has 0 aliphatic rings. The third-order valence-corrected chi connectivity index (χ3v) is 2.67. The van der Waals surface area contributed by atoms with Gasteiger partial charge in [0.2, 0.25) is 5.75 Å². The molecule has 0 aliphatic carbocycles. The van der Waals surface area contributed by atoms with E-state index in [1.54, 1.807) is 19.2 Å². The number of aromatic nitrogens is 1. The minimum Gasteiger partial charge on any atom is -0.502 e. The second-order valence-corrected chi connectivity index (χ2v) is 4.27. The minimum atomic E-state index is -0.613. The van der Waals surface area contributed by atoms with Crippen molar-refractivity contribution in [2.75, 3.05) is 0 Å². The maximum atomic E-state index is 10.8. The molecule has 6 heteroatoms. The van der Waals surface area contributed by atoms with Gasteiger partial charge < -0.3 is 5.11 Å². The average molecular weight is 271 g/mol. The Bertz CT molecular complexity index is 654. The van der Waals surface area contributed by atoms with E-state index in [1.807, 2.05) is 18.2 Å². The molecule has 0 saturated carbocycles. The molecule has 102 valence electrons. The van der Waals surface area contributed by atoms with E-state index in [9.17, 15) is 15.2 Å². The van der Waals surface area contributed by atoms with Crippen molar-refractivity contribution in [3.8, 4) is 5.75 Å². The van der Waals surface area contributed by atoms with Gasteiger partial charge in [0.15, 0.2) is 0 Å². The van der Waals surface area contributed by atoms with Gasteiger partial charge in [0.1, 0.15) is 0 Å². The van der Waals surface area contributed by atoms with Crippen LogP contribution < -0.4 is 0 Å². The zero-order valence-corrected chi connectivity index (χ0v) is 10.9. The number of nitro groups is 1. The summed E-state index contributed by atoms with van der Waals surface area (Å²) in [4.78, 5) is 18.5. The molecule has 0 spiro atoms. The van der Waals surface area contributed by atoms with E-state index in [2.05, 4.69) is 9.98 Å². The number of pyridine rings is 1. The third-order valence-electron chi connectivity index (χ3n) is 2.67. The number of aryl methyl sites for hydroxylation is 1. The van der Waals surface area contributed by atoms with Crippen LogP contribution in [0.15, 0.2) is 41.5 Å². The van der Waals surface area contributed by atoms with Gasteiger partial charge in [-0.3, -0.25) is 20.1 Å². The number of aromatic hydroxyl groups is 1. The fourth-order valence-electron chi connectivity index (χ4n) is 1.75. The second kappa shape index (κ2) is 5.92. The van der Waals surface area contributed by atoms with Crippen molar-refractivity contribution in [1.29, 1.82) is 0 Å². The van der Waals surface area contributed by atoms with Crippen molar-refractivity contribution >= 4 is 11.9 Å². The Morgan fingerprint density at radius 2 is 2.25 bits per heavy atom. The Morgan fingerprint density at radius 3 is 2.90 bits per heavy atom. The van der Waals surface area contributed by atoms with E-state index in [1.165, 1.54) is 12.3 Å². The predicted octanol–water partition coefficient (Wildman–Crippen LogP) is 2.62. The summed E-state index contributed by atoms with van der Waals surface area (Å²) in [5.74, 6) is -0.370. The topological polar surface area (TPSA) is 88.6 Å². The normalized spacial score (nSPS) is 10.8. The van der Waals surface area contributed by atoms with Crippen LogP contribution in [0.25, 0.3) is 0 Å². The zero-order valence-electron chi connectivity index (χ0n) is 10.9. The molecule has 1 heterocycles. The van der Waals surface area contributed by atoms with Gasteiger partial charge in [-0.25, -0.2) is 0 Å². The molecule has 0 radical (unpaired) electrons. The lowest BCUT2D eigenvalue weighted by Gasteiger charge is -2.02. The molecule has 0 atom stereocenters. The van der Waals surface area contributed by atoms with Gasteiger partial charge >= 0.3 is 5.69 Å². The largest absolute Gasteiger partial charge is 0.502 e. The standard InChI is InChI=1S/C14H13N3O3/c1-10-6-11(14(18)13(7-10)17(19)20)8-15-9-12-4-2-3-5-16-12/h2-8,18H,9H2,1H3. The SMILES string of the molecule is Cc1cc(C=NCc2ccccn2)c(O)c([N+](=O)[O-])c1.